The number of primary amides is 1. The summed E-state index contributed by atoms with van der Waals surface area (Å²) in [4.78, 5) is 25.5. The molecule has 0 aromatic heterocycles. The first-order valence-electron chi connectivity index (χ1n) is 4.33. The lowest BCUT2D eigenvalue weighted by Gasteiger charge is -2.22. The molecule has 1 rings (SSSR count). The van der Waals surface area contributed by atoms with Crippen LogP contribution in [0.15, 0.2) is 0 Å². The van der Waals surface area contributed by atoms with Gasteiger partial charge in [0.15, 0.2) is 0 Å². The van der Waals surface area contributed by atoms with Gasteiger partial charge in [-0.1, -0.05) is 6.92 Å². The van der Waals surface area contributed by atoms with Crippen LogP contribution in [-0.2, 0) is 9.59 Å². The van der Waals surface area contributed by atoms with Gasteiger partial charge in [0.25, 0.3) is 0 Å². The summed E-state index contributed by atoms with van der Waals surface area (Å²) in [5.41, 5.74) is 5.21. The number of amides is 2. The van der Waals surface area contributed by atoms with Gasteiger partial charge in [-0.2, -0.15) is 0 Å². The fraction of sp³-hybridized carbons (Fsp3) is 0.750. The lowest BCUT2D eigenvalue weighted by molar-refractivity contribution is -0.125. The van der Waals surface area contributed by atoms with E-state index in [2.05, 4.69) is 0 Å². The molecular formula is C8H15N3O2. The number of rotatable bonds is 3. The van der Waals surface area contributed by atoms with Gasteiger partial charge in [-0.3, -0.25) is 14.5 Å². The normalized spacial score (nSPS) is 20.8. The highest BCUT2D eigenvalue weighted by atomic mass is 16.2. The van der Waals surface area contributed by atoms with Gasteiger partial charge in [0.1, 0.15) is 0 Å². The highest BCUT2D eigenvalue weighted by molar-refractivity contribution is 5.83. The largest absolute Gasteiger partial charge is 0.368 e. The average Bonchev–Trinajstić information content (AvgIpc) is 2.32. The first kappa shape index (κ1) is 9.98. The molecular weight excluding hydrogens is 170 g/mol. The van der Waals surface area contributed by atoms with Crippen molar-refractivity contribution in [1.82, 2.24) is 9.80 Å². The molecule has 0 saturated carbocycles. The Hall–Kier alpha value is -1.10. The Morgan fingerprint density at radius 2 is 2.31 bits per heavy atom. The molecule has 1 heterocycles. The summed E-state index contributed by atoms with van der Waals surface area (Å²) >= 11 is 0. The van der Waals surface area contributed by atoms with Crippen molar-refractivity contribution < 1.29 is 9.59 Å². The topological polar surface area (TPSA) is 66.6 Å². The highest BCUT2D eigenvalue weighted by Crippen LogP contribution is 2.10. The monoisotopic (exact) mass is 185 g/mol. The maximum Gasteiger partial charge on any atom is 0.237 e. The first-order valence-corrected chi connectivity index (χ1v) is 4.33. The number of likely N-dealkylation sites (N-methyl/N-ethyl adjacent to an activating group) is 1. The summed E-state index contributed by atoms with van der Waals surface area (Å²) < 4.78 is 0. The molecule has 1 atom stereocenters. The van der Waals surface area contributed by atoms with Crippen LogP contribution in [0.25, 0.3) is 0 Å². The molecule has 1 unspecified atom stereocenters. The molecule has 1 aliphatic rings. The van der Waals surface area contributed by atoms with Gasteiger partial charge in [-0.25, -0.2) is 0 Å². The van der Waals surface area contributed by atoms with Crippen molar-refractivity contribution in [2.75, 3.05) is 20.3 Å². The van der Waals surface area contributed by atoms with E-state index in [1.807, 2.05) is 6.92 Å². The number of hydrogen-bond acceptors (Lipinski definition) is 3. The molecule has 1 saturated heterocycles. The van der Waals surface area contributed by atoms with Gasteiger partial charge in [-0.05, 0) is 6.42 Å². The summed E-state index contributed by atoms with van der Waals surface area (Å²) in [6.07, 6.45) is 0.649. The molecule has 5 heteroatoms. The maximum absolute atomic E-state index is 11.2. The van der Waals surface area contributed by atoms with Crippen LogP contribution in [0.4, 0.5) is 0 Å². The van der Waals surface area contributed by atoms with Crippen molar-refractivity contribution in [3.63, 3.8) is 0 Å². The summed E-state index contributed by atoms with van der Waals surface area (Å²) in [5.74, 6) is -0.315. The molecule has 0 radical (unpaired) electrons. The Bertz CT molecular complexity index is 229. The van der Waals surface area contributed by atoms with Gasteiger partial charge < -0.3 is 10.6 Å². The zero-order valence-electron chi connectivity index (χ0n) is 7.99. The summed E-state index contributed by atoms with van der Waals surface area (Å²) in [7, 11) is 1.72. The lowest BCUT2D eigenvalue weighted by atomic mass is 10.2. The number of hydrogen-bond donors (Lipinski definition) is 1. The SMILES string of the molecule is CCC(C(N)=O)N1CC(=O)N(C)C1. The fourth-order valence-corrected chi connectivity index (χ4v) is 1.54. The zero-order valence-corrected chi connectivity index (χ0v) is 7.99. The molecule has 2 N–H and O–H groups in total. The Morgan fingerprint density at radius 3 is 2.62 bits per heavy atom. The fourth-order valence-electron chi connectivity index (χ4n) is 1.54. The van der Waals surface area contributed by atoms with Crippen LogP contribution >= 0.6 is 0 Å². The molecule has 1 aliphatic heterocycles. The van der Waals surface area contributed by atoms with Crippen LogP contribution < -0.4 is 5.73 Å². The predicted octanol–water partition coefficient (Wildman–Crippen LogP) is -1.02. The van der Waals surface area contributed by atoms with Gasteiger partial charge in [-0.15, -0.1) is 0 Å². The van der Waals surface area contributed by atoms with Gasteiger partial charge in [0, 0.05) is 7.05 Å². The molecule has 0 aliphatic carbocycles. The average molecular weight is 185 g/mol. The molecule has 0 bridgehead atoms. The highest BCUT2D eigenvalue weighted by Gasteiger charge is 2.31. The van der Waals surface area contributed by atoms with Crippen molar-refractivity contribution in [3.8, 4) is 0 Å². The maximum atomic E-state index is 11.2. The van der Waals surface area contributed by atoms with E-state index in [-0.39, 0.29) is 17.9 Å². The molecule has 0 spiro atoms. The minimum atomic E-state index is -0.356. The van der Waals surface area contributed by atoms with Crippen LogP contribution in [-0.4, -0.2) is 47.9 Å². The standard InChI is InChI=1S/C8H15N3O2/c1-3-6(8(9)13)11-4-7(12)10(2)5-11/h6H,3-5H2,1-2H3,(H2,9,13). The predicted molar refractivity (Wildman–Crippen MR) is 47.6 cm³/mol. The van der Waals surface area contributed by atoms with Crippen LogP contribution in [0.5, 0.6) is 0 Å². The van der Waals surface area contributed by atoms with Crippen LogP contribution in [0.2, 0.25) is 0 Å². The van der Waals surface area contributed by atoms with E-state index in [1.54, 1.807) is 16.8 Å². The Labute approximate surface area is 77.5 Å². The van der Waals surface area contributed by atoms with E-state index in [0.29, 0.717) is 19.6 Å². The van der Waals surface area contributed by atoms with E-state index in [9.17, 15) is 9.59 Å². The molecule has 74 valence electrons. The van der Waals surface area contributed by atoms with Crippen LogP contribution in [0.1, 0.15) is 13.3 Å². The van der Waals surface area contributed by atoms with E-state index in [0.717, 1.165) is 0 Å². The molecule has 2 amide bonds. The molecule has 5 nitrogen and oxygen atoms in total. The second-order valence-electron chi connectivity index (χ2n) is 3.31. The minimum absolute atomic E-state index is 0.0414. The lowest BCUT2D eigenvalue weighted by Crippen LogP contribution is -2.43. The molecule has 0 aromatic carbocycles. The van der Waals surface area contributed by atoms with Crippen LogP contribution in [0.3, 0.4) is 0 Å². The summed E-state index contributed by atoms with van der Waals surface area (Å²) in [6, 6.07) is -0.311. The molecule has 0 aromatic rings. The second-order valence-corrected chi connectivity index (χ2v) is 3.31. The number of nitrogens with two attached hydrogens (primary N) is 1. The third-order valence-electron chi connectivity index (χ3n) is 2.31. The summed E-state index contributed by atoms with van der Waals surface area (Å²) in [5, 5.41) is 0. The second kappa shape index (κ2) is 3.74. The van der Waals surface area contributed by atoms with Crippen molar-refractivity contribution in [2.45, 2.75) is 19.4 Å². The van der Waals surface area contributed by atoms with E-state index >= 15 is 0 Å². The van der Waals surface area contributed by atoms with E-state index < -0.39 is 0 Å². The zero-order chi connectivity index (χ0) is 10.0. The van der Waals surface area contributed by atoms with Crippen LogP contribution in [0, 0.1) is 0 Å². The Balaban J connectivity index is 2.62. The smallest absolute Gasteiger partial charge is 0.237 e. The quantitative estimate of drug-likeness (QED) is 0.612. The first-order chi connectivity index (χ1) is 6.06. The number of nitrogens with zero attached hydrogens (tertiary/aromatic N) is 2. The number of carbonyl (C=O) groups excluding carboxylic acids is 2. The number of carbonyl (C=O) groups is 2. The Kier molecular flexibility index (Phi) is 2.87. The Morgan fingerprint density at radius 1 is 1.69 bits per heavy atom. The van der Waals surface area contributed by atoms with Crippen molar-refractivity contribution >= 4 is 11.8 Å². The summed E-state index contributed by atoms with van der Waals surface area (Å²) in [6.45, 7) is 2.69. The van der Waals surface area contributed by atoms with Gasteiger partial charge >= 0.3 is 0 Å². The third kappa shape index (κ3) is 1.98. The third-order valence-corrected chi connectivity index (χ3v) is 2.31. The molecule has 13 heavy (non-hydrogen) atoms. The molecule has 1 fully saturated rings. The van der Waals surface area contributed by atoms with Crippen molar-refractivity contribution in [1.29, 1.82) is 0 Å². The van der Waals surface area contributed by atoms with E-state index in [1.165, 1.54) is 0 Å². The van der Waals surface area contributed by atoms with E-state index in [4.69, 9.17) is 5.73 Å². The minimum Gasteiger partial charge on any atom is -0.368 e. The van der Waals surface area contributed by atoms with Crippen molar-refractivity contribution in [3.05, 3.63) is 0 Å². The van der Waals surface area contributed by atoms with Crippen molar-refractivity contribution in [2.24, 2.45) is 5.73 Å². The van der Waals surface area contributed by atoms with Gasteiger partial charge in [0.05, 0.1) is 19.3 Å². The van der Waals surface area contributed by atoms with Gasteiger partial charge in [0.2, 0.25) is 11.8 Å².